The normalized spacial score (nSPS) is 22.6. The van der Waals surface area contributed by atoms with Gasteiger partial charge in [0, 0.05) is 19.5 Å². The predicted molar refractivity (Wildman–Crippen MR) is 93.7 cm³/mol. The number of aliphatic hydroxyl groups is 1. The SMILES string of the molecule is CC.CC(C)(C)OC(=O)N1CCC2(CC1)CC(O)CO2.CCC. The fourth-order valence-corrected chi connectivity index (χ4v) is 2.59. The van der Waals surface area contributed by atoms with Gasteiger partial charge in [0.2, 0.25) is 0 Å². The molecular weight excluding hydrogens is 294 g/mol. The lowest BCUT2D eigenvalue weighted by Gasteiger charge is -2.38. The quantitative estimate of drug-likeness (QED) is 0.729. The lowest BCUT2D eigenvalue weighted by Crippen LogP contribution is -2.48. The van der Waals surface area contributed by atoms with E-state index in [1.165, 1.54) is 6.42 Å². The summed E-state index contributed by atoms with van der Waals surface area (Å²) >= 11 is 0. The maximum Gasteiger partial charge on any atom is 0.410 e. The van der Waals surface area contributed by atoms with Gasteiger partial charge in [-0.3, -0.25) is 0 Å². The minimum atomic E-state index is -0.452. The standard InChI is InChI=1S/C13H23NO4.C3H8.C2H6/c1-12(2,3)18-11(16)14-6-4-13(5-7-14)8-10(15)9-17-13;1-3-2;1-2/h10,15H,4-9H2,1-3H3;3H2,1-2H3;1-2H3. The van der Waals surface area contributed by atoms with Crippen molar-refractivity contribution in [2.75, 3.05) is 19.7 Å². The highest BCUT2D eigenvalue weighted by Crippen LogP contribution is 2.36. The van der Waals surface area contributed by atoms with Gasteiger partial charge in [-0.05, 0) is 33.6 Å². The Hall–Kier alpha value is -0.810. The number of hydrogen-bond acceptors (Lipinski definition) is 4. The first-order valence-electron chi connectivity index (χ1n) is 9.01. The van der Waals surface area contributed by atoms with Gasteiger partial charge in [0.15, 0.2) is 0 Å². The van der Waals surface area contributed by atoms with Crippen molar-refractivity contribution in [2.24, 2.45) is 0 Å². The smallest absolute Gasteiger partial charge is 0.410 e. The first-order valence-corrected chi connectivity index (χ1v) is 9.01. The third-order valence-electron chi connectivity index (χ3n) is 3.52. The van der Waals surface area contributed by atoms with Gasteiger partial charge in [0.25, 0.3) is 0 Å². The molecule has 1 unspecified atom stereocenters. The van der Waals surface area contributed by atoms with Crippen molar-refractivity contribution in [1.29, 1.82) is 0 Å². The highest BCUT2D eigenvalue weighted by Gasteiger charge is 2.43. The lowest BCUT2D eigenvalue weighted by molar-refractivity contribution is -0.0491. The molecule has 1 atom stereocenters. The summed E-state index contributed by atoms with van der Waals surface area (Å²) in [6, 6.07) is 0. The molecule has 2 heterocycles. The molecule has 0 aromatic heterocycles. The molecule has 138 valence electrons. The Morgan fingerprint density at radius 2 is 1.74 bits per heavy atom. The van der Waals surface area contributed by atoms with E-state index in [2.05, 4.69) is 13.8 Å². The molecule has 2 fully saturated rings. The van der Waals surface area contributed by atoms with Gasteiger partial charge in [-0.2, -0.15) is 0 Å². The molecule has 0 aromatic rings. The van der Waals surface area contributed by atoms with E-state index in [-0.39, 0.29) is 17.8 Å². The summed E-state index contributed by atoms with van der Waals surface area (Å²) in [6.07, 6.45) is 2.90. The van der Waals surface area contributed by atoms with Crippen LogP contribution in [0, 0.1) is 0 Å². The number of likely N-dealkylation sites (tertiary alicyclic amines) is 1. The number of aliphatic hydroxyl groups excluding tert-OH is 1. The fraction of sp³-hybridized carbons (Fsp3) is 0.944. The van der Waals surface area contributed by atoms with Crippen LogP contribution in [0.3, 0.4) is 0 Å². The van der Waals surface area contributed by atoms with Crippen LogP contribution in [-0.4, -0.2) is 53.1 Å². The van der Waals surface area contributed by atoms with Crippen molar-refractivity contribution in [2.45, 2.75) is 91.5 Å². The van der Waals surface area contributed by atoms with E-state index in [4.69, 9.17) is 9.47 Å². The Balaban J connectivity index is 0.000000868. The highest BCUT2D eigenvalue weighted by molar-refractivity contribution is 5.68. The summed E-state index contributed by atoms with van der Waals surface area (Å²) in [5, 5.41) is 9.54. The lowest BCUT2D eigenvalue weighted by atomic mass is 9.88. The number of amides is 1. The number of carbonyl (C=O) groups is 1. The Morgan fingerprint density at radius 3 is 2.09 bits per heavy atom. The zero-order chi connectivity index (χ0) is 18.1. The van der Waals surface area contributed by atoms with E-state index >= 15 is 0 Å². The van der Waals surface area contributed by atoms with E-state index < -0.39 is 5.60 Å². The third-order valence-corrected chi connectivity index (χ3v) is 3.52. The molecule has 2 saturated heterocycles. The summed E-state index contributed by atoms with van der Waals surface area (Å²) in [4.78, 5) is 13.6. The largest absolute Gasteiger partial charge is 0.444 e. The number of piperidine rings is 1. The van der Waals surface area contributed by atoms with Gasteiger partial charge < -0.3 is 19.5 Å². The van der Waals surface area contributed by atoms with Gasteiger partial charge in [0.1, 0.15) is 5.60 Å². The van der Waals surface area contributed by atoms with Crippen molar-refractivity contribution in [3.05, 3.63) is 0 Å². The van der Waals surface area contributed by atoms with Crippen LogP contribution in [0.15, 0.2) is 0 Å². The van der Waals surface area contributed by atoms with Gasteiger partial charge in [-0.1, -0.05) is 34.1 Å². The average molecular weight is 331 g/mol. The second-order valence-corrected chi connectivity index (χ2v) is 7.03. The third kappa shape index (κ3) is 8.02. The summed E-state index contributed by atoms with van der Waals surface area (Å²) in [7, 11) is 0. The molecule has 5 nitrogen and oxygen atoms in total. The summed E-state index contributed by atoms with van der Waals surface area (Å²) in [6.45, 7) is 15.6. The Bertz CT molecular complexity index is 330. The minimum Gasteiger partial charge on any atom is -0.444 e. The molecule has 5 heteroatoms. The molecule has 2 rings (SSSR count). The van der Waals surface area contributed by atoms with Crippen LogP contribution in [0.25, 0.3) is 0 Å². The second kappa shape index (κ2) is 10.1. The van der Waals surface area contributed by atoms with Crippen molar-refractivity contribution in [3.8, 4) is 0 Å². The van der Waals surface area contributed by atoms with E-state index in [9.17, 15) is 9.90 Å². The van der Waals surface area contributed by atoms with Crippen LogP contribution in [0.4, 0.5) is 4.79 Å². The fourth-order valence-electron chi connectivity index (χ4n) is 2.59. The van der Waals surface area contributed by atoms with E-state index in [0.717, 1.165) is 12.8 Å². The van der Waals surface area contributed by atoms with E-state index in [0.29, 0.717) is 26.1 Å². The molecular formula is C18H37NO4. The number of rotatable bonds is 0. The highest BCUT2D eigenvalue weighted by atomic mass is 16.6. The molecule has 0 saturated carbocycles. The van der Waals surface area contributed by atoms with Crippen molar-refractivity contribution in [1.82, 2.24) is 4.90 Å². The number of ether oxygens (including phenoxy) is 2. The molecule has 0 aliphatic carbocycles. The minimum absolute atomic E-state index is 0.210. The van der Waals surface area contributed by atoms with Crippen LogP contribution in [-0.2, 0) is 9.47 Å². The maximum atomic E-state index is 11.9. The monoisotopic (exact) mass is 331 g/mol. The maximum absolute atomic E-state index is 11.9. The molecule has 1 N–H and O–H groups in total. The van der Waals surface area contributed by atoms with Crippen LogP contribution < -0.4 is 0 Å². The van der Waals surface area contributed by atoms with Crippen molar-refractivity contribution < 1.29 is 19.4 Å². The van der Waals surface area contributed by atoms with E-state index in [1.54, 1.807) is 4.90 Å². The van der Waals surface area contributed by atoms with Crippen molar-refractivity contribution in [3.63, 3.8) is 0 Å². The summed E-state index contributed by atoms with van der Waals surface area (Å²) in [5.74, 6) is 0. The van der Waals surface area contributed by atoms with Crippen LogP contribution in [0.5, 0.6) is 0 Å². The number of hydrogen-bond donors (Lipinski definition) is 1. The topological polar surface area (TPSA) is 59.0 Å². The molecule has 1 spiro atoms. The molecule has 23 heavy (non-hydrogen) atoms. The molecule has 0 radical (unpaired) electrons. The Kier molecular flexibility index (Phi) is 9.78. The molecule has 0 bridgehead atoms. The van der Waals surface area contributed by atoms with Crippen molar-refractivity contribution >= 4 is 6.09 Å². The van der Waals surface area contributed by atoms with E-state index in [1.807, 2.05) is 34.6 Å². The zero-order valence-electron chi connectivity index (χ0n) is 16.1. The van der Waals surface area contributed by atoms with Crippen LogP contribution in [0.1, 0.15) is 74.1 Å². The second-order valence-electron chi connectivity index (χ2n) is 7.03. The Labute approximate surface area is 142 Å². The van der Waals surface area contributed by atoms with Gasteiger partial charge >= 0.3 is 6.09 Å². The summed E-state index contributed by atoms with van der Waals surface area (Å²) < 4.78 is 11.0. The van der Waals surface area contributed by atoms with Crippen LogP contribution >= 0.6 is 0 Å². The zero-order valence-corrected chi connectivity index (χ0v) is 16.1. The predicted octanol–water partition coefficient (Wildman–Crippen LogP) is 3.98. The van der Waals surface area contributed by atoms with Gasteiger partial charge in [-0.25, -0.2) is 4.79 Å². The number of nitrogens with zero attached hydrogens (tertiary/aromatic N) is 1. The Morgan fingerprint density at radius 1 is 1.26 bits per heavy atom. The molecule has 1 amide bonds. The first kappa shape index (κ1) is 22.2. The average Bonchev–Trinajstić information content (AvgIpc) is 2.82. The number of carbonyl (C=O) groups excluding carboxylic acids is 1. The first-order chi connectivity index (χ1) is 10.7. The van der Waals surface area contributed by atoms with Crippen LogP contribution in [0.2, 0.25) is 0 Å². The summed E-state index contributed by atoms with van der Waals surface area (Å²) in [5.41, 5.74) is -0.663. The molecule has 2 aliphatic heterocycles. The van der Waals surface area contributed by atoms with Gasteiger partial charge in [-0.15, -0.1) is 0 Å². The molecule has 2 aliphatic rings. The van der Waals surface area contributed by atoms with Gasteiger partial charge in [0.05, 0.1) is 18.3 Å². The molecule has 0 aromatic carbocycles.